The number of carbonyl (C=O) groups excluding carboxylic acids is 1. The number of nitrogens with one attached hydrogen (secondary N) is 2. The SMILES string of the molecule is COc1ccc(C(=O)N2CC[NH+](Cc3nc4ccccc4c(=O)[nH]3)CC2)cc1. The molecule has 4 rings (SSSR count). The third kappa shape index (κ3) is 3.75. The van der Waals surface area contributed by atoms with Crippen molar-refractivity contribution in [2.24, 2.45) is 0 Å². The maximum Gasteiger partial charge on any atom is 0.258 e. The summed E-state index contributed by atoms with van der Waals surface area (Å²) in [7, 11) is 1.61. The van der Waals surface area contributed by atoms with Crippen molar-refractivity contribution in [1.82, 2.24) is 14.9 Å². The number of piperazine rings is 1. The average Bonchev–Trinajstić information content (AvgIpc) is 2.74. The Balaban J connectivity index is 1.39. The van der Waals surface area contributed by atoms with Crippen LogP contribution in [0, 0.1) is 0 Å². The number of carbonyl (C=O) groups is 1. The second kappa shape index (κ2) is 7.82. The first-order chi connectivity index (χ1) is 13.6. The summed E-state index contributed by atoms with van der Waals surface area (Å²) in [6.45, 7) is 3.64. The summed E-state index contributed by atoms with van der Waals surface area (Å²) in [5.74, 6) is 1.47. The van der Waals surface area contributed by atoms with Crippen LogP contribution in [0.15, 0.2) is 53.3 Å². The number of methoxy groups -OCH3 is 1. The lowest BCUT2D eigenvalue weighted by atomic mass is 10.1. The van der Waals surface area contributed by atoms with Crippen molar-refractivity contribution in [3.63, 3.8) is 0 Å². The van der Waals surface area contributed by atoms with E-state index in [-0.39, 0.29) is 11.5 Å². The Morgan fingerprint density at radius 1 is 1.14 bits per heavy atom. The lowest BCUT2D eigenvalue weighted by Crippen LogP contribution is -3.13. The van der Waals surface area contributed by atoms with Gasteiger partial charge in [0, 0.05) is 5.56 Å². The number of amides is 1. The summed E-state index contributed by atoms with van der Waals surface area (Å²) in [4.78, 5) is 35.5. The zero-order valence-electron chi connectivity index (χ0n) is 15.8. The van der Waals surface area contributed by atoms with E-state index in [1.807, 2.05) is 23.1 Å². The van der Waals surface area contributed by atoms with Crippen LogP contribution in [0.5, 0.6) is 5.75 Å². The monoisotopic (exact) mass is 379 g/mol. The largest absolute Gasteiger partial charge is 0.497 e. The molecule has 0 saturated carbocycles. The molecule has 0 aliphatic carbocycles. The maximum absolute atomic E-state index is 12.7. The molecular weight excluding hydrogens is 356 g/mol. The van der Waals surface area contributed by atoms with Gasteiger partial charge in [0.15, 0.2) is 5.82 Å². The molecule has 1 aliphatic heterocycles. The van der Waals surface area contributed by atoms with Crippen LogP contribution in [-0.2, 0) is 6.54 Å². The minimum absolute atomic E-state index is 0.0407. The van der Waals surface area contributed by atoms with E-state index in [0.29, 0.717) is 41.9 Å². The Morgan fingerprint density at radius 2 is 1.86 bits per heavy atom. The molecule has 2 N–H and O–H groups in total. The molecule has 1 saturated heterocycles. The van der Waals surface area contributed by atoms with Crippen molar-refractivity contribution in [3.8, 4) is 5.75 Å². The molecule has 28 heavy (non-hydrogen) atoms. The molecule has 144 valence electrons. The number of ether oxygens (including phenoxy) is 1. The highest BCUT2D eigenvalue weighted by Crippen LogP contribution is 2.13. The van der Waals surface area contributed by atoms with Crippen molar-refractivity contribution in [2.75, 3.05) is 33.3 Å². The molecule has 1 aromatic heterocycles. The third-order valence-electron chi connectivity index (χ3n) is 5.17. The van der Waals surface area contributed by atoms with Gasteiger partial charge in [-0.1, -0.05) is 12.1 Å². The summed E-state index contributed by atoms with van der Waals surface area (Å²) < 4.78 is 5.14. The van der Waals surface area contributed by atoms with Crippen LogP contribution >= 0.6 is 0 Å². The van der Waals surface area contributed by atoms with E-state index in [0.717, 1.165) is 18.8 Å². The molecule has 2 aromatic carbocycles. The van der Waals surface area contributed by atoms with Gasteiger partial charge < -0.3 is 19.5 Å². The summed E-state index contributed by atoms with van der Waals surface area (Å²) >= 11 is 0. The molecule has 0 spiro atoms. The zero-order valence-corrected chi connectivity index (χ0v) is 15.8. The van der Waals surface area contributed by atoms with Gasteiger partial charge in [0.05, 0.1) is 44.2 Å². The third-order valence-corrected chi connectivity index (χ3v) is 5.17. The lowest BCUT2D eigenvalue weighted by molar-refractivity contribution is -0.918. The number of fused-ring (bicyclic) bond motifs is 1. The predicted molar refractivity (Wildman–Crippen MR) is 106 cm³/mol. The van der Waals surface area contributed by atoms with Gasteiger partial charge in [-0.15, -0.1) is 0 Å². The van der Waals surface area contributed by atoms with Crippen LogP contribution in [0.2, 0.25) is 0 Å². The Bertz CT molecular complexity index is 1040. The van der Waals surface area contributed by atoms with E-state index in [1.165, 1.54) is 4.90 Å². The number of rotatable bonds is 4. The van der Waals surface area contributed by atoms with Crippen molar-refractivity contribution >= 4 is 16.8 Å². The Labute approximate surface area is 162 Å². The predicted octanol–water partition coefficient (Wildman–Crippen LogP) is 0.473. The standard InChI is InChI=1S/C21H22N4O3/c1-28-16-8-6-15(7-9-16)21(27)25-12-10-24(11-13-25)14-19-22-18-5-3-2-4-17(18)20(26)23-19/h2-9H,10-14H2,1H3,(H,22,23,26)/p+1. The minimum atomic E-state index is -0.103. The van der Waals surface area contributed by atoms with Gasteiger partial charge in [-0.25, -0.2) is 4.98 Å². The number of hydrogen-bond acceptors (Lipinski definition) is 4. The summed E-state index contributed by atoms with van der Waals surface area (Å²) in [6.07, 6.45) is 0. The minimum Gasteiger partial charge on any atom is -0.497 e. The van der Waals surface area contributed by atoms with Crippen molar-refractivity contribution in [3.05, 3.63) is 70.3 Å². The summed E-state index contributed by atoms with van der Waals surface area (Å²) in [5, 5.41) is 0.608. The van der Waals surface area contributed by atoms with E-state index >= 15 is 0 Å². The highest BCUT2D eigenvalue weighted by molar-refractivity contribution is 5.94. The molecule has 0 bridgehead atoms. The van der Waals surface area contributed by atoms with E-state index in [9.17, 15) is 9.59 Å². The quantitative estimate of drug-likeness (QED) is 0.691. The Hall–Kier alpha value is -3.19. The fraction of sp³-hybridized carbons (Fsp3) is 0.286. The molecule has 0 atom stereocenters. The fourth-order valence-corrected chi connectivity index (χ4v) is 3.57. The van der Waals surface area contributed by atoms with Crippen molar-refractivity contribution in [1.29, 1.82) is 0 Å². The van der Waals surface area contributed by atoms with Crippen LogP contribution in [0.3, 0.4) is 0 Å². The molecule has 0 unspecified atom stereocenters. The average molecular weight is 379 g/mol. The van der Waals surface area contributed by atoms with Gasteiger partial charge in [-0.3, -0.25) is 9.59 Å². The van der Waals surface area contributed by atoms with Gasteiger partial charge in [0.2, 0.25) is 0 Å². The molecule has 7 heteroatoms. The Kier molecular flexibility index (Phi) is 5.08. The second-order valence-electron chi connectivity index (χ2n) is 6.98. The van der Waals surface area contributed by atoms with Crippen LogP contribution in [0.25, 0.3) is 10.9 Å². The number of para-hydroxylation sites is 1. The van der Waals surface area contributed by atoms with Crippen LogP contribution in [-0.4, -0.2) is 54.1 Å². The topological polar surface area (TPSA) is 79.7 Å². The van der Waals surface area contributed by atoms with Gasteiger partial charge >= 0.3 is 0 Å². The van der Waals surface area contributed by atoms with E-state index in [2.05, 4.69) is 9.97 Å². The number of aromatic nitrogens is 2. The number of quaternary nitrogens is 1. The van der Waals surface area contributed by atoms with Crippen LogP contribution < -0.4 is 15.2 Å². The van der Waals surface area contributed by atoms with Crippen LogP contribution in [0.1, 0.15) is 16.2 Å². The number of hydrogen-bond donors (Lipinski definition) is 2. The van der Waals surface area contributed by atoms with Crippen molar-refractivity contribution < 1.29 is 14.4 Å². The van der Waals surface area contributed by atoms with Crippen LogP contribution in [0.4, 0.5) is 0 Å². The number of benzene rings is 2. The molecule has 1 aliphatic rings. The first kappa shape index (κ1) is 18.2. The summed E-state index contributed by atoms with van der Waals surface area (Å²) in [6, 6.07) is 14.6. The normalized spacial score (nSPS) is 15.0. The molecule has 1 fully saturated rings. The fourth-order valence-electron chi connectivity index (χ4n) is 3.57. The van der Waals surface area contributed by atoms with Gasteiger partial charge in [0.1, 0.15) is 12.3 Å². The van der Waals surface area contributed by atoms with E-state index in [1.54, 1.807) is 37.4 Å². The molecule has 7 nitrogen and oxygen atoms in total. The lowest BCUT2D eigenvalue weighted by Gasteiger charge is -2.32. The number of H-pyrrole nitrogens is 1. The molecule has 0 radical (unpaired) electrons. The van der Waals surface area contributed by atoms with Gasteiger partial charge in [0.25, 0.3) is 11.5 Å². The summed E-state index contributed by atoms with van der Waals surface area (Å²) in [5.41, 5.74) is 1.28. The molecule has 1 amide bonds. The highest BCUT2D eigenvalue weighted by Gasteiger charge is 2.25. The second-order valence-corrected chi connectivity index (χ2v) is 6.98. The molecular formula is C21H23N4O3+. The van der Waals surface area contributed by atoms with Gasteiger partial charge in [-0.05, 0) is 36.4 Å². The zero-order chi connectivity index (χ0) is 19.5. The van der Waals surface area contributed by atoms with E-state index < -0.39 is 0 Å². The number of nitrogens with zero attached hydrogens (tertiary/aromatic N) is 2. The van der Waals surface area contributed by atoms with Crippen molar-refractivity contribution in [2.45, 2.75) is 6.54 Å². The first-order valence-corrected chi connectivity index (χ1v) is 9.39. The first-order valence-electron chi connectivity index (χ1n) is 9.39. The maximum atomic E-state index is 12.7. The van der Waals surface area contributed by atoms with Gasteiger partial charge in [-0.2, -0.15) is 0 Å². The molecule has 2 heterocycles. The molecule has 3 aromatic rings. The highest BCUT2D eigenvalue weighted by atomic mass is 16.5. The Morgan fingerprint density at radius 3 is 2.57 bits per heavy atom. The smallest absolute Gasteiger partial charge is 0.258 e. The van der Waals surface area contributed by atoms with E-state index in [4.69, 9.17) is 4.74 Å². The number of aromatic amines is 1.